The van der Waals surface area contributed by atoms with E-state index in [9.17, 15) is 0 Å². The van der Waals surface area contributed by atoms with E-state index in [1.807, 2.05) is 54.6 Å². The maximum Gasteiger partial charge on any atom is 0.137 e. The van der Waals surface area contributed by atoms with E-state index in [1.165, 1.54) is 0 Å². The van der Waals surface area contributed by atoms with Crippen LogP contribution in [-0.4, -0.2) is 0 Å². The van der Waals surface area contributed by atoms with Gasteiger partial charge in [0.05, 0.1) is 6.26 Å². The molecule has 2 nitrogen and oxygen atoms in total. The molecule has 2 heteroatoms. The predicted octanol–water partition coefficient (Wildman–Crippen LogP) is 4.01. The molecule has 0 amide bonds. The van der Waals surface area contributed by atoms with Crippen molar-refractivity contribution in [3.63, 3.8) is 0 Å². The third-order valence-corrected chi connectivity index (χ3v) is 2.68. The third kappa shape index (κ3) is 2.16. The fraction of sp³-hybridized carbons (Fsp3) is 0.0667. The Kier molecular flexibility index (Phi) is 2.54. The van der Waals surface area contributed by atoms with Crippen LogP contribution in [0.4, 0.5) is 0 Å². The SMILES string of the molecule is c1ccc(COc2ccc3ccoc3c2)cc1. The summed E-state index contributed by atoms with van der Waals surface area (Å²) in [6.07, 6.45) is 1.69. The summed E-state index contributed by atoms with van der Waals surface area (Å²) in [6, 6.07) is 17.9. The molecule has 0 fully saturated rings. The molecular formula is C15H12O2. The smallest absolute Gasteiger partial charge is 0.137 e. The molecule has 3 rings (SSSR count). The second-order valence-corrected chi connectivity index (χ2v) is 3.89. The Morgan fingerprint density at radius 1 is 0.941 bits per heavy atom. The Labute approximate surface area is 99.4 Å². The largest absolute Gasteiger partial charge is 0.489 e. The standard InChI is InChI=1S/C15H12O2/c1-2-4-12(5-3-1)11-17-14-7-6-13-8-9-16-15(13)10-14/h1-10H,11H2. The van der Waals surface area contributed by atoms with E-state index in [0.717, 1.165) is 22.3 Å². The molecule has 0 saturated heterocycles. The molecular weight excluding hydrogens is 212 g/mol. The lowest BCUT2D eigenvalue weighted by Gasteiger charge is -2.05. The molecule has 0 N–H and O–H groups in total. The number of rotatable bonds is 3. The molecule has 84 valence electrons. The Hall–Kier alpha value is -2.22. The lowest BCUT2D eigenvalue weighted by Crippen LogP contribution is -1.94. The van der Waals surface area contributed by atoms with Crippen LogP contribution in [0.2, 0.25) is 0 Å². The van der Waals surface area contributed by atoms with Gasteiger partial charge in [-0.15, -0.1) is 0 Å². The van der Waals surface area contributed by atoms with Crippen molar-refractivity contribution < 1.29 is 9.15 Å². The van der Waals surface area contributed by atoms with Crippen LogP contribution < -0.4 is 4.74 Å². The molecule has 0 spiro atoms. The zero-order valence-corrected chi connectivity index (χ0v) is 9.30. The number of ether oxygens (including phenoxy) is 1. The van der Waals surface area contributed by atoms with Gasteiger partial charge in [-0.3, -0.25) is 0 Å². The van der Waals surface area contributed by atoms with Gasteiger partial charge >= 0.3 is 0 Å². The zero-order valence-electron chi connectivity index (χ0n) is 9.30. The maximum absolute atomic E-state index is 5.71. The lowest BCUT2D eigenvalue weighted by atomic mass is 10.2. The molecule has 1 aromatic heterocycles. The van der Waals surface area contributed by atoms with Crippen LogP contribution in [0.15, 0.2) is 65.3 Å². The van der Waals surface area contributed by atoms with E-state index >= 15 is 0 Å². The zero-order chi connectivity index (χ0) is 11.5. The minimum atomic E-state index is 0.576. The summed E-state index contributed by atoms with van der Waals surface area (Å²) >= 11 is 0. The van der Waals surface area contributed by atoms with E-state index in [-0.39, 0.29) is 0 Å². The van der Waals surface area contributed by atoms with Crippen LogP contribution in [0, 0.1) is 0 Å². The van der Waals surface area contributed by atoms with Crippen LogP contribution in [-0.2, 0) is 6.61 Å². The van der Waals surface area contributed by atoms with Crippen molar-refractivity contribution in [2.45, 2.75) is 6.61 Å². The van der Waals surface area contributed by atoms with Gasteiger partial charge in [-0.1, -0.05) is 30.3 Å². The summed E-state index contributed by atoms with van der Waals surface area (Å²) < 4.78 is 11.0. The fourth-order valence-electron chi connectivity index (χ4n) is 1.77. The van der Waals surface area contributed by atoms with Crippen LogP contribution >= 0.6 is 0 Å². The molecule has 0 aliphatic rings. The van der Waals surface area contributed by atoms with Crippen LogP contribution in [0.1, 0.15) is 5.56 Å². The molecule has 0 atom stereocenters. The van der Waals surface area contributed by atoms with E-state index in [4.69, 9.17) is 9.15 Å². The van der Waals surface area contributed by atoms with E-state index in [0.29, 0.717) is 6.61 Å². The van der Waals surface area contributed by atoms with Gasteiger partial charge in [-0.05, 0) is 23.8 Å². The van der Waals surface area contributed by atoms with E-state index in [1.54, 1.807) is 6.26 Å². The Morgan fingerprint density at radius 2 is 1.82 bits per heavy atom. The fourth-order valence-corrected chi connectivity index (χ4v) is 1.77. The molecule has 0 aliphatic heterocycles. The summed E-state index contributed by atoms with van der Waals surface area (Å²) in [4.78, 5) is 0. The highest BCUT2D eigenvalue weighted by Gasteiger charge is 2.00. The highest BCUT2D eigenvalue weighted by atomic mass is 16.5. The van der Waals surface area contributed by atoms with Gasteiger partial charge in [-0.25, -0.2) is 0 Å². The summed E-state index contributed by atoms with van der Waals surface area (Å²) in [6.45, 7) is 0.576. The van der Waals surface area contributed by atoms with Gasteiger partial charge in [0, 0.05) is 11.5 Å². The van der Waals surface area contributed by atoms with Crippen LogP contribution in [0.25, 0.3) is 11.0 Å². The highest BCUT2D eigenvalue weighted by molar-refractivity contribution is 5.78. The van der Waals surface area contributed by atoms with Gasteiger partial charge in [0.25, 0.3) is 0 Å². The summed E-state index contributed by atoms with van der Waals surface area (Å²) in [5, 5.41) is 1.09. The van der Waals surface area contributed by atoms with E-state index < -0.39 is 0 Å². The molecule has 2 aromatic carbocycles. The molecule has 0 radical (unpaired) electrons. The first-order valence-electron chi connectivity index (χ1n) is 5.56. The first kappa shape index (κ1) is 9.97. The molecule has 17 heavy (non-hydrogen) atoms. The van der Waals surface area contributed by atoms with Crippen molar-refractivity contribution in [2.24, 2.45) is 0 Å². The highest BCUT2D eigenvalue weighted by Crippen LogP contribution is 2.22. The first-order chi connectivity index (χ1) is 8.42. The lowest BCUT2D eigenvalue weighted by molar-refractivity contribution is 0.306. The summed E-state index contributed by atoms with van der Waals surface area (Å²) in [5.41, 5.74) is 2.02. The van der Waals surface area contributed by atoms with Crippen molar-refractivity contribution >= 4 is 11.0 Å². The number of furan rings is 1. The van der Waals surface area contributed by atoms with Gasteiger partial charge in [-0.2, -0.15) is 0 Å². The van der Waals surface area contributed by atoms with Crippen molar-refractivity contribution in [1.29, 1.82) is 0 Å². The quantitative estimate of drug-likeness (QED) is 0.670. The second-order valence-electron chi connectivity index (χ2n) is 3.89. The van der Waals surface area contributed by atoms with Gasteiger partial charge < -0.3 is 9.15 Å². The number of hydrogen-bond acceptors (Lipinski definition) is 2. The molecule has 0 saturated carbocycles. The second kappa shape index (κ2) is 4.34. The Balaban J connectivity index is 1.76. The first-order valence-corrected chi connectivity index (χ1v) is 5.56. The minimum absolute atomic E-state index is 0.576. The van der Waals surface area contributed by atoms with Crippen molar-refractivity contribution in [3.8, 4) is 5.75 Å². The summed E-state index contributed by atoms with van der Waals surface area (Å²) in [7, 11) is 0. The Morgan fingerprint density at radius 3 is 2.71 bits per heavy atom. The monoisotopic (exact) mass is 224 g/mol. The van der Waals surface area contributed by atoms with Crippen LogP contribution in [0.3, 0.4) is 0 Å². The number of benzene rings is 2. The summed E-state index contributed by atoms with van der Waals surface area (Å²) in [5.74, 6) is 0.830. The number of hydrogen-bond donors (Lipinski definition) is 0. The average molecular weight is 224 g/mol. The molecule has 0 bridgehead atoms. The van der Waals surface area contributed by atoms with Crippen molar-refractivity contribution in [3.05, 3.63) is 66.4 Å². The van der Waals surface area contributed by atoms with Gasteiger partial charge in [0.2, 0.25) is 0 Å². The van der Waals surface area contributed by atoms with E-state index in [2.05, 4.69) is 0 Å². The average Bonchev–Trinajstić information content (AvgIpc) is 2.85. The van der Waals surface area contributed by atoms with Crippen LogP contribution in [0.5, 0.6) is 5.75 Å². The minimum Gasteiger partial charge on any atom is -0.489 e. The molecule has 0 aliphatic carbocycles. The Bertz CT molecular complexity index is 611. The van der Waals surface area contributed by atoms with Crippen molar-refractivity contribution in [1.82, 2.24) is 0 Å². The molecule has 3 aromatic rings. The predicted molar refractivity (Wildman–Crippen MR) is 67.0 cm³/mol. The normalized spacial score (nSPS) is 10.6. The molecule has 0 unspecified atom stereocenters. The van der Waals surface area contributed by atoms with Crippen molar-refractivity contribution in [2.75, 3.05) is 0 Å². The van der Waals surface area contributed by atoms with Gasteiger partial charge in [0.15, 0.2) is 0 Å². The third-order valence-electron chi connectivity index (χ3n) is 2.68. The maximum atomic E-state index is 5.71. The number of fused-ring (bicyclic) bond motifs is 1. The topological polar surface area (TPSA) is 22.4 Å². The van der Waals surface area contributed by atoms with Gasteiger partial charge in [0.1, 0.15) is 17.9 Å². The molecule has 1 heterocycles.